The molecule has 0 spiro atoms. The monoisotopic (exact) mass is 493 g/mol. The SMILES string of the molecule is NNC(=O)c1cccc(OCCOSB(I)I)n1. The summed E-state index contributed by atoms with van der Waals surface area (Å²) in [4.78, 5) is 15.2. The summed E-state index contributed by atoms with van der Waals surface area (Å²) in [6.45, 7) is 0.815. The van der Waals surface area contributed by atoms with Crippen LogP contribution in [-0.4, -0.2) is 25.8 Å². The van der Waals surface area contributed by atoms with Gasteiger partial charge in [0.05, 0.1) is 6.61 Å². The number of nitrogens with zero attached hydrogens (tertiary/aromatic N) is 1. The molecule has 0 bridgehead atoms. The molecule has 0 aromatic carbocycles. The van der Waals surface area contributed by atoms with E-state index in [4.69, 9.17) is 14.8 Å². The summed E-state index contributed by atoms with van der Waals surface area (Å²) < 4.78 is 11.0. The van der Waals surface area contributed by atoms with Crippen LogP contribution in [0.1, 0.15) is 10.5 Å². The molecule has 0 radical (unpaired) electrons. The number of pyridine rings is 1. The normalized spacial score (nSPS) is 9.94. The lowest BCUT2D eigenvalue weighted by atomic mass is 10.3. The van der Waals surface area contributed by atoms with Gasteiger partial charge in [0.2, 0.25) is 5.88 Å². The van der Waals surface area contributed by atoms with Crippen molar-refractivity contribution in [2.45, 2.75) is 0 Å². The molecule has 1 rings (SSSR count). The van der Waals surface area contributed by atoms with Gasteiger partial charge >= 0.3 is 1.70 Å². The molecule has 6 nitrogen and oxygen atoms in total. The van der Waals surface area contributed by atoms with Gasteiger partial charge in [-0.1, -0.05) is 6.07 Å². The van der Waals surface area contributed by atoms with Gasteiger partial charge in [0.15, 0.2) is 0 Å². The number of carbonyl (C=O) groups excluding carboxylic acids is 1. The van der Waals surface area contributed by atoms with Gasteiger partial charge in [-0.05, 0) is 18.0 Å². The first-order chi connectivity index (χ1) is 8.63. The predicted octanol–water partition coefficient (Wildman–Crippen LogP) is 1.58. The third kappa shape index (κ3) is 6.40. The van der Waals surface area contributed by atoms with Crippen molar-refractivity contribution in [1.29, 1.82) is 0 Å². The Bertz CT molecular complexity index is 400. The van der Waals surface area contributed by atoms with Crippen LogP contribution in [0, 0.1) is 0 Å². The lowest BCUT2D eigenvalue weighted by Crippen LogP contribution is -2.30. The maximum Gasteiger partial charge on any atom is 0.383 e. The van der Waals surface area contributed by atoms with Crippen LogP contribution in [0.4, 0.5) is 0 Å². The molecule has 1 aromatic heterocycles. The quantitative estimate of drug-likeness (QED) is 0.114. The van der Waals surface area contributed by atoms with E-state index >= 15 is 0 Å². The van der Waals surface area contributed by atoms with Crippen molar-refractivity contribution in [1.82, 2.24) is 10.4 Å². The Labute approximate surface area is 136 Å². The van der Waals surface area contributed by atoms with Crippen LogP contribution in [0.15, 0.2) is 18.2 Å². The summed E-state index contributed by atoms with van der Waals surface area (Å²) in [6, 6.07) is 4.90. The largest absolute Gasteiger partial charge is 0.475 e. The zero-order chi connectivity index (χ0) is 13.4. The molecule has 0 aliphatic carbocycles. The lowest BCUT2D eigenvalue weighted by molar-refractivity contribution is 0.0947. The number of nitrogens with two attached hydrogens (primary N) is 1. The van der Waals surface area contributed by atoms with Gasteiger partial charge in [-0.2, -0.15) is 0 Å². The minimum atomic E-state index is -0.454. The highest BCUT2D eigenvalue weighted by molar-refractivity contribution is 14.3. The fourth-order valence-electron chi connectivity index (χ4n) is 0.975. The number of hydrogen-bond acceptors (Lipinski definition) is 6. The maximum absolute atomic E-state index is 11.2. The van der Waals surface area contributed by atoms with E-state index in [0.29, 0.717) is 20.8 Å². The average molecular weight is 493 g/mol. The molecule has 98 valence electrons. The van der Waals surface area contributed by atoms with Crippen LogP contribution in [0.25, 0.3) is 0 Å². The highest BCUT2D eigenvalue weighted by Crippen LogP contribution is 2.20. The lowest BCUT2D eigenvalue weighted by Gasteiger charge is -2.06. The summed E-state index contributed by atoms with van der Waals surface area (Å²) in [7, 11) is 0. The maximum atomic E-state index is 11.2. The van der Waals surface area contributed by atoms with Crippen molar-refractivity contribution in [3.8, 4) is 5.88 Å². The summed E-state index contributed by atoms with van der Waals surface area (Å²) in [6.07, 6.45) is 0. The molecule has 0 saturated carbocycles. The Morgan fingerprint density at radius 1 is 1.50 bits per heavy atom. The van der Waals surface area contributed by atoms with E-state index < -0.39 is 5.91 Å². The van der Waals surface area contributed by atoms with Crippen molar-refractivity contribution in [3.05, 3.63) is 23.9 Å². The number of amides is 1. The number of hydrogen-bond donors (Lipinski definition) is 2. The molecule has 1 amide bonds. The summed E-state index contributed by atoms with van der Waals surface area (Å²) in [5.41, 5.74) is 2.22. The number of nitrogens with one attached hydrogen (secondary N) is 1. The molecular formula is C8H10BI2N3O3S. The van der Waals surface area contributed by atoms with E-state index in [0.717, 1.165) is 0 Å². The van der Waals surface area contributed by atoms with Crippen molar-refractivity contribution >= 4 is 64.3 Å². The highest BCUT2D eigenvalue weighted by atomic mass is 127. The second-order valence-electron chi connectivity index (χ2n) is 2.86. The summed E-state index contributed by atoms with van der Waals surface area (Å²) >= 11 is 5.84. The zero-order valence-electron chi connectivity index (χ0n) is 9.14. The van der Waals surface area contributed by atoms with Gasteiger partial charge in [0.1, 0.15) is 12.3 Å². The minimum Gasteiger partial charge on any atom is -0.475 e. The molecule has 0 unspecified atom stereocenters. The van der Waals surface area contributed by atoms with Gasteiger partial charge < -0.3 is 8.92 Å². The number of rotatable bonds is 7. The van der Waals surface area contributed by atoms with Gasteiger partial charge in [-0.25, -0.2) is 10.8 Å². The molecule has 3 N–H and O–H groups in total. The molecule has 0 aliphatic rings. The number of aromatic nitrogens is 1. The van der Waals surface area contributed by atoms with Crippen LogP contribution in [0.2, 0.25) is 0 Å². The standard InChI is InChI=1S/C8H10BI2N3O3S/c10-9(11)18-17-5-4-16-7-3-1-2-6(13-7)8(15)14-12/h1-3H,4-5,12H2,(H,14,15). The topological polar surface area (TPSA) is 86.5 Å². The van der Waals surface area contributed by atoms with Crippen molar-refractivity contribution < 1.29 is 13.7 Å². The van der Waals surface area contributed by atoms with Crippen molar-refractivity contribution in [2.75, 3.05) is 13.2 Å². The molecule has 18 heavy (non-hydrogen) atoms. The Morgan fingerprint density at radius 3 is 2.94 bits per heavy atom. The Morgan fingerprint density at radius 2 is 2.28 bits per heavy atom. The fraction of sp³-hybridized carbons (Fsp3) is 0.250. The number of ether oxygens (including phenoxy) is 1. The van der Waals surface area contributed by atoms with E-state index in [2.05, 4.69) is 49.7 Å². The number of hydrazine groups is 1. The zero-order valence-corrected chi connectivity index (χ0v) is 14.3. The molecule has 0 fully saturated rings. The third-order valence-electron chi connectivity index (χ3n) is 1.64. The second-order valence-corrected chi connectivity index (χ2v) is 10.3. The summed E-state index contributed by atoms with van der Waals surface area (Å²) in [5.74, 6) is 4.93. The highest BCUT2D eigenvalue weighted by Gasteiger charge is 2.07. The molecule has 0 aliphatic heterocycles. The molecule has 0 saturated heterocycles. The van der Waals surface area contributed by atoms with E-state index in [1.807, 2.05) is 5.43 Å². The number of nitrogen functional groups attached to an aromatic ring is 1. The minimum absolute atomic E-state index is 0.213. The van der Waals surface area contributed by atoms with Crippen molar-refractivity contribution in [2.24, 2.45) is 5.84 Å². The Hall–Kier alpha value is 0.215. The Balaban J connectivity index is 2.36. The average Bonchev–Trinajstić information content (AvgIpc) is 2.37. The van der Waals surface area contributed by atoms with Crippen molar-refractivity contribution in [3.63, 3.8) is 0 Å². The van der Waals surface area contributed by atoms with Crippen LogP contribution < -0.4 is 16.0 Å². The van der Waals surface area contributed by atoms with E-state index in [1.54, 1.807) is 18.2 Å². The van der Waals surface area contributed by atoms with E-state index in [1.165, 1.54) is 11.9 Å². The molecule has 1 heterocycles. The van der Waals surface area contributed by atoms with E-state index in [9.17, 15) is 4.79 Å². The van der Waals surface area contributed by atoms with Crippen LogP contribution in [0.3, 0.4) is 0 Å². The Kier molecular flexibility index (Phi) is 8.29. The predicted molar refractivity (Wildman–Crippen MR) is 88.7 cm³/mol. The van der Waals surface area contributed by atoms with Crippen LogP contribution in [-0.2, 0) is 4.18 Å². The number of carbonyl (C=O) groups is 1. The first-order valence-corrected chi connectivity index (χ1v) is 8.10. The molecule has 10 heteroatoms. The smallest absolute Gasteiger partial charge is 0.383 e. The van der Waals surface area contributed by atoms with Gasteiger partial charge in [0, 0.05) is 6.07 Å². The van der Waals surface area contributed by atoms with Gasteiger partial charge in [0.25, 0.3) is 5.91 Å². The first kappa shape index (κ1) is 16.3. The molecular weight excluding hydrogens is 483 g/mol. The third-order valence-corrected chi connectivity index (χ3v) is 3.34. The molecule has 0 atom stereocenters. The van der Waals surface area contributed by atoms with Crippen LogP contribution in [0.5, 0.6) is 5.88 Å². The molecule has 1 aromatic rings. The van der Waals surface area contributed by atoms with Gasteiger partial charge in [-0.15, -0.1) is 44.7 Å². The fourth-order valence-corrected chi connectivity index (χ4v) is 2.12. The number of halogens is 2. The first-order valence-electron chi connectivity index (χ1n) is 4.80. The van der Waals surface area contributed by atoms with Gasteiger partial charge in [-0.3, -0.25) is 10.2 Å². The van der Waals surface area contributed by atoms with E-state index in [-0.39, 0.29) is 5.69 Å². The van der Waals surface area contributed by atoms with Crippen LogP contribution >= 0.6 is 56.6 Å². The summed E-state index contributed by atoms with van der Waals surface area (Å²) in [5, 5.41) is 0. The second kappa shape index (κ2) is 9.17.